The van der Waals surface area contributed by atoms with Crippen LogP contribution in [0, 0.1) is 6.92 Å². The van der Waals surface area contributed by atoms with Crippen LogP contribution in [0.2, 0.25) is 0 Å². The number of anilines is 1. The van der Waals surface area contributed by atoms with E-state index in [1.54, 1.807) is 43.5 Å². The summed E-state index contributed by atoms with van der Waals surface area (Å²) in [6.07, 6.45) is 3.10. The number of hydrogen-bond acceptors (Lipinski definition) is 5. The van der Waals surface area contributed by atoms with Gasteiger partial charge < -0.3 is 15.1 Å². The highest BCUT2D eigenvalue weighted by Gasteiger charge is 2.18. The predicted molar refractivity (Wildman–Crippen MR) is 118 cm³/mol. The second-order valence-electron chi connectivity index (χ2n) is 6.91. The van der Waals surface area contributed by atoms with Crippen molar-refractivity contribution in [2.24, 2.45) is 0 Å². The summed E-state index contributed by atoms with van der Waals surface area (Å²) in [6, 6.07) is 17.4. The van der Waals surface area contributed by atoms with Crippen LogP contribution in [-0.2, 0) is 4.79 Å². The second-order valence-corrected chi connectivity index (χ2v) is 6.91. The van der Waals surface area contributed by atoms with E-state index in [-0.39, 0.29) is 23.1 Å². The number of aromatic nitrogens is 1. The first kappa shape index (κ1) is 20.0. The molecule has 0 unspecified atom stereocenters. The van der Waals surface area contributed by atoms with E-state index in [0.717, 1.165) is 5.56 Å². The summed E-state index contributed by atoms with van der Waals surface area (Å²) < 4.78 is 6.04. The van der Waals surface area contributed by atoms with Crippen molar-refractivity contribution in [1.29, 1.82) is 0 Å². The highest BCUT2D eigenvalue weighted by molar-refractivity contribution is 6.06. The van der Waals surface area contributed by atoms with Gasteiger partial charge in [-0.25, -0.2) is 0 Å². The lowest BCUT2D eigenvalue weighted by atomic mass is 10.0. The van der Waals surface area contributed by atoms with Crippen LogP contribution in [0.3, 0.4) is 0 Å². The van der Waals surface area contributed by atoms with E-state index in [0.29, 0.717) is 22.4 Å². The fraction of sp³-hybridized carbons (Fsp3) is 0.0833. The Morgan fingerprint density at radius 2 is 1.81 bits per heavy atom. The molecular formula is C24H19N3O4. The van der Waals surface area contributed by atoms with Gasteiger partial charge in [0.25, 0.3) is 5.91 Å². The third-order valence-electron chi connectivity index (χ3n) is 4.78. The minimum atomic E-state index is -0.516. The van der Waals surface area contributed by atoms with Crippen LogP contribution in [0.25, 0.3) is 22.3 Å². The lowest BCUT2D eigenvalue weighted by Gasteiger charge is -2.11. The topological polar surface area (TPSA) is 101 Å². The predicted octanol–water partition coefficient (Wildman–Crippen LogP) is 3.53. The van der Waals surface area contributed by atoms with Gasteiger partial charge >= 0.3 is 0 Å². The molecule has 0 aliphatic rings. The fourth-order valence-electron chi connectivity index (χ4n) is 3.25. The summed E-state index contributed by atoms with van der Waals surface area (Å²) in [5, 5.41) is 5.52. The zero-order valence-electron chi connectivity index (χ0n) is 16.7. The molecule has 4 rings (SSSR count). The molecule has 0 atom stereocenters. The molecule has 2 N–H and O–H groups in total. The van der Waals surface area contributed by atoms with Crippen LogP contribution < -0.4 is 16.1 Å². The lowest BCUT2D eigenvalue weighted by molar-refractivity contribution is -0.115. The van der Waals surface area contributed by atoms with E-state index in [2.05, 4.69) is 15.6 Å². The standard InChI is InChI=1S/C24H19N3O4/c1-15-21(29)18-10-5-11-19(23(18)31-22(15)16-7-3-2-4-8-16)24(30)26-14-20(28)27-17-9-6-12-25-13-17/h2-13H,14H2,1H3,(H,26,30)(H,27,28). The van der Waals surface area contributed by atoms with Crippen molar-refractivity contribution in [1.82, 2.24) is 10.3 Å². The minimum Gasteiger partial charge on any atom is -0.455 e. The maximum absolute atomic E-state index is 12.9. The molecule has 154 valence electrons. The maximum atomic E-state index is 12.9. The van der Waals surface area contributed by atoms with Gasteiger partial charge in [0.05, 0.1) is 29.4 Å². The Labute approximate surface area is 177 Å². The van der Waals surface area contributed by atoms with Crippen molar-refractivity contribution in [3.8, 4) is 11.3 Å². The first-order valence-electron chi connectivity index (χ1n) is 9.64. The van der Waals surface area contributed by atoms with Gasteiger partial charge in [0.1, 0.15) is 5.76 Å². The molecule has 0 fully saturated rings. The molecule has 2 amide bonds. The van der Waals surface area contributed by atoms with E-state index in [1.807, 2.05) is 30.3 Å². The number of pyridine rings is 1. The molecular weight excluding hydrogens is 394 g/mol. The van der Waals surface area contributed by atoms with E-state index in [1.165, 1.54) is 6.20 Å². The van der Waals surface area contributed by atoms with E-state index in [4.69, 9.17) is 4.42 Å². The Bertz CT molecular complexity index is 1320. The molecule has 0 aliphatic heterocycles. The average Bonchev–Trinajstić information content (AvgIpc) is 2.80. The largest absolute Gasteiger partial charge is 0.455 e. The van der Waals surface area contributed by atoms with Gasteiger partial charge in [0, 0.05) is 17.3 Å². The quantitative estimate of drug-likeness (QED) is 0.521. The second kappa shape index (κ2) is 8.62. The van der Waals surface area contributed by atoms with Crippen molar-refractivity contribution in [3.05, 3.63) is 94.4 Å². The summed E-state index contributed by atoms with van der Waals surface area (Å²) >= 11 is 0. The van der Waals surface area contributed by atoms with Gasteiger partial charge in [-0.1, -0.05) is 36.4 Å². The van der Waals surface area contributed by atoms with Gasteiger partial charge in [-0.05, 0) is 31.2 Å². The highest BCUT2D eigenvalue weighted by atomic mass is 16.3. The van der Waals surface area contributed by atoms with Crippen LogP contribution in [0.15, 0.2) is 82.3 Å². The van der Waals surface area contributed by atoms with Gasteiger partial charge in [-0.15, -0.1) is 0 Å². The van der Waals surface area contributed by atoms with Gasteiger partial charge in [0.15, 0.2) is 11.0 Å². The molecule has 0 aliphatic carbocycles. The number of rotatable bonds is 5. The van der Waals surface area contributed by atoms with Crippen molar-refractivity contribution < 1.29 is 14.0 Å². The molecule has 4 aromatic rings. The summed E-state index contributed by atoms with van der Waals surface area (Å²) in [6.45, 7) is 1.45. The first-order chi connectivity index (χ1) is 15.0. The number of nitrogens with one attached hydrogen (secondary N) is 2. The first-order valence-corrected chi connectivity index (χ1v) is 9.64. The smallest absolute Gasteiger partial charge is 0.255 e. The zero-order valence-corrected chi connectivity index (χ0v) is 16.7. The van der Waals surface area contributed by atoms with Crippen molar-refractivity contribution in [2.45, 2.75) is 6.92 Å². The number of hydrogen-bond donors (Lipinski definition) is 2. The van der Waals surface area contributed by atoms with Crippen LogP contribution >= 0.6 is 0 Å². The van der Waals surface area contributed by atoms with E-state index in [9.17, 15) is 14.4 Å². The zero-order chi connectivity index (χ0) is 21.8. The van der Waals surface area contributed by atoms with Crippen LogP contribution in [-0.4, -0.2) is 23.3 Å². The molecule has 2 aromatic carbocycles. The van der Waals surface area contributed by atoms with E-state index < -0.39 is 11.8 Å². The number of para-hydroxylation sites is 1. The SMILES string of the molecule is Cc1c(-c2ccccc2)oc2c(C(=O)NCC(=O)Nc3cccnc3)cccc2c1=O. The summed E-state index contributed by atoms with van der Waals surface area (Å²) in [5.41, 5.74) is 1.89. The highest BCUT2D eigenvalue weighted by Crippen LogP contribution is 2.27. The summed E-state index contributed by atoms with van der Waals surface area (Å²) in [7, 11) is 0. The molecule has 0 spiro atoms. The maximum Gasteiger partial charge on any atom is 0.255 e. The molecule has 0 radical (unpaired) electrons. The fourth-order valence-corrected chi connectivity index (χ4v) is 3.25. The molecule has 2 aromatic heterocycles. The van der Waals surface area contributed by atoms with Crippen molar-refractivity contribution in [2.75, 3.05) is 11.9 Å². The summed E-state index contributed by atoms with van der Waals surface area (Å²) in [5.74, 6) is -0.505. The molecule has 7 nitrogen and oxygen atoms in total. The third kappa shape index (κ3) is 4.20. The number of carbonyl (C=O) groups excluding carboxylic acids is 2. The minimum absolute atomic E-state index is 0.181. The molecule has 0 saturated heterocycles. The van der Waals surface area contributed by atoms with Crippen LogP contribution in [0.5, 0.6) is 0 Å². The monoisotopic (exact) mass is 413 g/mol. The van der Waals surface area contributed by atoms with Crippen LogP contribution in [0.4, 0.5) is 5.69 Å². The Morgan fingerprint density at radius 3 is 2.55 bits per heavy atom. The van der Waals surface area contributed by atoms with Crippen molar-refractivity contribution >= 4 is 28.5 Å². The Kier molecular flexibility index (Phi) is 5.57. The molecule has 0 bridgehead atoms. The normalized spacial score (nSPS) is 10.6. The van der Waals surface area contributed by atoms with Gasteiger partial charge in [0.2, 0.25) is 5.91 Å². The number of carbonyl (C=O) groups is 2. The summed E-state index contributed by atoms with van der Waals surface area (Å²) in [4.78, 5) is 41.7. The van der Waals surface area contributed by atoms with E-state index >= 15 is 0 Å². The number of amides is 2. The number of benzene rings is 2. The number of nitrogens with zero attached hydrogens (tertiary/aromatic N) is 1. The molecule has 2 heterocycles. The Hall–Kier alpha value is -4.26. The molecule has 31 heavy (non-hydrogen) atoms. The third-order valence-corrected chi connectivity index (χ3v) is 4.78. The Morgan fingerprint density at radius 1 is 1.00 bits per heavy atom. The van der Waals surface area contributed by atoms with Gasteiger partial charge in [-0.3, -0.25) is 19.4 Å². The lowest BCUT2D eigenvalue weighted by Crippen LogP contribution is -2.33. The number of fused-ring (bicyclic) bond motifs is 1. The van der Waals surface area contributed by atoms with Crippen LogP contribution in [0.1, 0.15) is 15.9 Å². The van der Waals surface area contributed by atoms with Crippen molar-refractivity contribution in [3.63, 3.8) is 0 Å². The average molecular weight is 413 g/mol. The van der Waals surface area contributed by atoms with Gasteiger partial charge in [-0.2, -0.15) is 0 Å². The Balaban J connectivity index is 1.63. The molecule has 0 saturated carbocycles. The molecule has 7 heteroatoms.